The van der Waals surface area contributed by atoms with Gasteiger partial charge in [0.1, 0.15) is 6.61 Å². The molecule has 1 atom stereocenters. The highest BCUT2D eigenvalue weighted by Crippen LogP contribution is 2.23. The molecule has 28 heavy (non-hydrogen) atoms. The second-order valence-electron chi connectivity index (χ2n) is 7.08. The van der Waals surface area contributed by atoms with Crippen molar-refractivity contribution in [1.29, 1.82) is 0 Å². The van der Waals surface area contributed by atoms with E-state index in [1.165, 1.54) is 0 Å². The van der Waals surface area contributed by atoms with Gasteiger partial charge in [0, 0.05) is 0 Å². The average Bonchev–Trinajstić information content (AvgIpc) is 2.66. The van der Waals surface area contributed by atoms with Gasteiger partial charge in [-0.3, -0.25) is 9.59 Å². The molecule has 0 amide bonds. The summed E-state index contributed by atoms with van der Waals surface area (Å²) in [6.07, 6.45) is 0.142. The Morgan fingerprint density at radius 3 is 1.96 bits per heavy atom. The molecule has 2 rings (SSSR count). The average molecular weight is 404 g/mol. The molecule has 2 aromatic rings. The van der Waals surface area contributed by atoms with Crippen LogP contribution in [-0.2, 0) is 37.2 Å². The van der Waals surface area contributed by atoms with E-state index >= 15 is 0 Å². The van der Waals surface area contributed by atoms with E-state index in [0.29, 0.717) is 0 Å². The third-order valence-electron chi connectivity index (χ3n) is 4.60. The van der Waals surface area contributed by atoms with E-state index in [9.17, 15) is 23.1 Å². The first-order valence-electron chi connectivity index (χ1n) is 8.83. The molecule has 0 fully saturated rings. The standard InChI is InChI=1S/C21H24O6S/c1-21(2,20(23)24)28(25,26)15-18(13-16-9-5-3-6-10-16)19(22)27-14-17-11-7-4-8-12-17/h3-12,18H,13-15H2,1-2H3,(H,23,24). The minimum Gasteiger partial charge on any atom is -0.480 e. The second kappa shape index (κ2) is 9.01. The highest BCUT2D eigenvalue weighted by atomic mass is 32.2. The van der Waals surface area contributed by atoms with Crippen molar-refractivity contribution < 1.29 is 27.9 Å². The van der Waals surface area contributed by atoms with Gasteiger partial charge in [-0.2, -0.15) is 0 Å². The number of carbonyl (C=O) groups is 2. The van der Waals surface area contributed by atoms with Crippen molar-refractivity contribution in [2.45, 2.75) is 31.6 Å². The lowest BCUT2D eigenvalue weighted by molar-refractivity contribution is -0.149. The molecular formula is C21H24O6S. The molecule has 6 nitrogen and oxygen atoms in total. The van der Waals surface area contributed by atoms with E-state index in [0.717, 1.165) is 25.0 Å². The van der Waals surface area contributed by atoms with E-state index < -0.39 is 38.2 Å². The van der Waals surface area contributed by atoms with Crippen molar-refractivity contribution in [1.82, 2.24) is 0 Å². The van der Waals surface area contributed by atoms with Gasteiger partial charge < -0.3 is 9.84 Å². The van der Waals surface area contributed by atoms with Crippen LogP contribution in [0.1, 0.15) is 25.0 Å². The second-order valence-corrected chi connectivity index (χ2v) is 9.66. The molecule has 0 saturated heterocycles. The zero-order valence-electron chi connectivity index (χ0n) is 15.9. The summed E-state index contributed by atoms with van der Waals surface area (Å²) in [5.74, 6) is -3.73. The fraction of sp³-hybridized carbons (Fsp3) is 0.333. The summed E-state index contributed by atoms with van der Waals surface area (Å²) in [4.78, 5) is 24.1. The highest BCUT2D eigenvalue weighted by Gasteiger charge is 2.44. The number of carbonyl (C=O) groups excluding carboxylic acids is 1. The first kappa shape index (κ1) is 21.6. The zero-order chi connectivity index (χ0) is 20.8. The molecule has 0 aromatic heterocycles. The van der Waals surface area contributed by atoms with E-state index in [1.807, 2.05) is 24.3 Å². The molecule has 0 radical (unpaired) electrons. The Kier molecular flexibility index (Phi) is 6.96. The predicted octanol–water partition coefficient (Wildman–Crippen LogP) is 2.87. The molecule has 1 N–H and O–H groups in total. The summed E-state index contributed by atoms with van der Waals surface area (Å²) in [5.41, 5.74) is 1.55. The number of carboxylic acids is 1. The van der Waals surface area contributed by atoms with Crippen molar-refractivity contribution in [2.75, 3.05) is 5.75 Å². The maximum Gasteiger partial charge on any atom is 0.324 e. The Bertz CT molecular complexity index is 904. The van der Waals surface area contributed by atoms with Gasteiger partial charge in [0.15, 0.2) is 14.6 Å². The Labute approximate surface area is 165 Å². The summed E-state index contributed by atoms with van der Waals surface area (Å²) in [6, 6.07) is 18.0. The van der Waals surface area contributed by atoms with E-state index in [1.54, 1.807) is 36.4 Å². The number of benzene rings is 2. The molecule has 0 aliphatic heterocycles. The molecule has 0 heterocycles. The van der Waals surface area contributed by atoms with Crippen LogP contribution in [0.15, 0.2) is 60.7 Å². The minimum absolute atomic E-state index is 0.0212. The van der Waals surface area contributed by atoms with Gasteiger partial charge in [0.05, 0.1) is 11.7 Å². The smallest absolute Gasteiger partial charge is 0.324 e. The van der Waals surface area contributed by atoms with Crippen LogP contribution in [0.25, 0.3) is 0 Å². The summed E-state index contributed by atoms with van der Waals surface area (Å²) in [5, 5.41) is 9.27. The van der Waals surface area contributed by atoms with Crippen molar-refractivity contribution in [3.05, 3.63) is 71.8 Å². The van der Waals surface area contributed by atoms with Crippen molar-refractivity contribution >= 4 is 21.8 Å². The van der Waals surface area contributed by atoms with Gasteiger partial charge in [0.25, 0.3) is 0 Å². The van der Waals surface area contributed by atoms with Gasteiger partial charge in [-0.05, 0) is 31.4 Å². The molecule has 0 aliphatic carbocycles. The Balaban J connectivity index is 2.21. The van der Waals surface area contributed by atoms with Gasteiger partial charge in [-0.15, -0.1) is 0 Å². The molecule has 7 heteroatoms. The fourth-order valence-electron chi connectivity index (χ4n) is 2.56. The molecule has 150 valence electrons. The zero-order valence-corrected chi connectivity index (χ0v) is 16.7. The molecular weight excluding hydrogens is 380 g/mol. The van der Waals surface area contributed by atoms with Crippen LogP contribution < -0.4 is 0 Å². The van der Waals surface area contributed by atoms with Crippen LogP contribution in [0.4, 0.5) is 0 Å². The third kappa shape index (κ3) is 5.42. The molecule has 0 bridgehead atoms. The number of aliphatic carboxylic acids is 1. The predicted molar refractivity (Wildman–Crippen MR) is 105 cm³/mol. The Hall–Kier alpha value is -2.67. The number of esters is 1. The number of sulfone groups is 1. The van der Waals surface area contributed by atoms with Crippen LogP contribution >= 0.6 is 0 Å². The number of carboxylic acid groups (broad SMARTS) is 1. The van der Waals surface area contributed by atoms with E-state index in [-0.39, 0.29) is 13.0 Å². The summed E-state index contributed by atoms with van der Waals surface area (Å²) >= 11 is 0. The van der Waals surface area contributed by atoms with Crippen LogP contribution in [0.3, 0.4) is 0 Å². The van der Waals surface area contributed by atoms with Crippen LogP contribution in [0, 0.1) is 5.92 Å². The van der Waals surface area contributed by atoms with Crippen molar-refractivity contribution in [3.8, 4) is 0 Å². The summed E-state index contributed by atoms with van der Waals surface area (Å²) in [6.45, 7) is 2.27. The van der Waals surface area contributed by atoms with Gasteiger partial charge in [-0.25, -0.2) is 8.42 Å². The summed E-state index contributed by atoms with van der Waals surface area (Å²) < 4.78 is 28.7. The van der Waals surface area contributed by atoms with Crippen molar-refractivity contribution in [2.24, 2.45) is 5.92 Å². The normalized spacial score (nSPS) is 12.9. The third-order valence-corrected chi connectivity index (χ3v) is 7.17. The maximum absolute atomic E-state index is 12.7. The number of hydrogen-bond acceptors (Lipinski definition) is 5. The Morgan fingerprint density at radius 2 is 1.46 bits per heavy atom. The minimum atomic E-state index is -4.11. The number of rotatable bonds is 9. The Morgan fingerprint density at radius 1 is 0.964 bits per heavy atom. The van der Waals surface area contributed by atoms with Crippen LogP contribution in [0.2, 0.25) is 0 Å². The molecule has 1 unspecified atom stereocenters. The van der Waals surface area contributed by atoms with Gasteiger partial charge in [-0.1, -0.05) is 60.7 Å². The topological polar surface area (TPSA) is 97.7 Å². The largest absolute Gasteiger partial charge is 0.480 e. The number of ether oxygens (including phenoxy) is 1. The molecule has 0 spiro atoms. The lowest BCUT2D eigenvalue weighted by Crippen LogP contribution is -2.44. The lowest BCUT2D eigenvalue weighted by Gasteiger charge is -2.23. The van der Waals surface area contributed by atoms with E-state index in [4.69, 9.17) is 4.74 Å². The fourth-order valence-corrected chi connectivity index (χ4v) is 4.03. The lowest BCUT2D eigenvalue weighted by atomic mass is 10.0. The quantitative estimate of drug-likeness (QED) is 0.646. The maximum atomic E-state index is 12.7. The van der Waals surface area contributed by atoms with Crippen LogP contribution in [-0.4, -0.2) is 36.0 Å². The first-order valence-corrected chi connectivity index (χ1v) is 10.5. The highest BCUT2D eigenvalue weighted by molar-refractivity contribution is 7.93. The van der Waals surface area contributed by atoms with Crippen LogP contribution in [0.5, 0.6) is 0 Å². The molecule has 2 aromatic carbocycles. The molecule has 0 aliphatic rings. The number of hydrogen-bond donors (Lipinski definition) is 1. The summed E-state index contributed by atoms with van der Waals surface area (Å²) in [7, 11) is -4.11. The van der Waals surface area contributed by atoms with E-state index in [2.05, 4.69) is 0 Å². The first-order chi connectivity index (χ1) is 13.1. The molecule has 0 saturated carbocycles. The van der Waals surface area contributed by atoms with Crippen molar-refractivity contribution in [3.63, 3.8) is 0 Å². The van der Waals surface area contributed by atoms with Gasteiger partial charge in [0.2, 0.25) is 0 Å². The van der Waals surface area contributed by atoms with Gasteiger partial charge >= 0.3 is 11.9 Å². The SMILES string of the molecule is CC(C)(C(=O)O)S(=O)(=O)CC(Cc1ccccc1)C(=O)OCc1ccccc1. The monoisotopic (exact) mass is 404 g/mol.